The number of carbonyl (C=O) groups excluding carboxylic acids is 1. The lowest BCUT2D eigenvalue weighted by molar-refractivity contribution is 0.0698. The normalized spacial score (nSPS) is 12.0. The first kappa shape index (κ1) is 15.0. The second-order valence-corrected chi connectivity index (χ2v) is 4.61. The van der Waals surface area contributed by atoms with Crippen molar-refractivity contribution >= 4 is 17.7 Å². The zero-order valence-corrected chi connectivity index (χ0v) is 11.3. The van der Waals surface area contributed by atoms with E-state index in [1.165, 1.54) is 6.07 Å². The molecule has 0 aliphatic rings. The lowest BCUT2D eigenvalue weighted by Gasteiger charge is -2.18. The number of nitrogens with one attached hydrogen (secondary N) is 2. The highest BCUT2D eigenvalue weighted by Crippen LogP contribution is 2.14. The van der Waals surface area contributed by atoms with E-state index in [2.05, 4.69) is 10.6 Å². The van der Waals surface area contributed by atoms with Crippen LogP contribution in [0.15, 0.2) is 24.3 Å². The second kappa shape index (κ2) is 6.75. The molecule has 0 bridgehead atoms. The van der Waals surface area contributed by atoms with Crippen molar-refractivity contribution in [2.75, 3.05) is 26.0 Å². The summed E-state index contributed by atoms with van der Waals surface area (Å²) in [6, 6.07) is 5.84. The number of carbonyl (C=O) groups is 2. The summed E-state index contributed by atoms with van der Waals surface area (Å²) in [7, 11) is 3.83. The molecule has 0 fully saturated rings. The number of benzene rings is 1. The van der Waals surface area contributed by atoms with Gasteiger partial charge in [0.15, 0.2) is 0 Å². The monoisotopic (exact) mass is 265 g/mol. The van der Waals surface area contributed by atoms with Gasteiger partial charge in [-0.05, 0) is 33.2 Å². The van der Waals surface area contributed by atoms with Crippen LogP contribution in [0.4, 0.5) is 10.5 Å². The molecule has 3 N–H and O–H groups in total. The van der Waals surface area contributed by atoms with Crippen LogP contribution in [0.2, 0.25) is 0 Å². The van der Waals surface area contributed by atoms with Gasteiger partial charge in [-0.25, -0.2) is 9.59 Å². The van der Waals surface area contributed by atoms with Gasteiger partial charge in [-0.2, -0.15) is 0 Å². The molecule has 1 unspecified atom stereocenters. The Hall–Kier alpha value is -2.08. The summed E-state index contributed by atoms with van der Waals surface area (Å²) in [5.74, 6) is -1.07. The molecule has 0 aromatic heterocycles. The number of hydrogen-bond acceptors (Lipinski definition) is 3. The summed E-state index contributed by atoms with van der Waals surface area (Å²) < 4.78 is 0. The maximum absolute atomic E-state index is 11.7. The number of amides is 2. The van der Waals surface area contributed by atoms with E-state index >= 15 is 0 Å². The number of likely N-dealkylation sites (N-methyl/N-ethyl adjacent to an activating group) is 1. The molecule has 0 saturated heterocycles. The molecule has 0 radical (unpaired) electrons. The number of para-hydroxylation sites is 1. The highest BCUT2D eigenvalue weighted by atomic mass is 16.4. The molecule has 2 amide bonds. The van der Waals surface area contributed by atoms with E-state index in [1.54, 1.807) is 18.2 Å². The third kappa shape index (κ3) is 4.97. The van der Waals surface area contributed by atoms with Gasteiger partial charge in [0.05, 0.1) is 11.3 Å². The van der Waals surface area contributed by atoms with Gasteiger partial charge in [0.25, 0.3) is 0 Å². The van der Waals surface area contributed by atoms with Gasteiger partial charge in [-0.1, -0.05) is 12.1 Å². The van der Waals surface area contributed by atoms with Crippen LogP contribution in [0.3, 0.4) is 0 Å². The number of carboxylic acid groups (broad SMARTS) is 1. The highest BCUT2D eigenvalue weighted by Gasteiger charge is 2.13. The van der Waals surface area contributed by atoms with E-state index in [-0.39, 0.29) is 17.3 Å². The number of urea groups is 1. The Labute approximate surface area is 112 Å². The second-order valence-electron chi connectivity index (χ2n) is 4.61. The fourth-order valence-electron chi connectivity index (χ4n) is 1.75. The van der Waals surface area contributed by atoms with Gasteiger partial charge in [-0.3, -0.25) is 0 Å². The maximum atomic E-state index is 11.7. The van der Waals surface area contributed by atoms with Crippen molar-refractivity contribution in [1.82, 2.24) is 10.2 Å². The van der Waals surface area contributed by atoms with Crippen LogP contribution in [0.5, 0.6) is 0 Å². The molecule has 19 heavy (non-hydrogen) atoms. The lowest BCUT2D eigenvalue weighted by Crippen LogP contribution is -2.41. The van der Waals surface area contributed by atoms with Gasteiger partial charge < -0.3 is 20.6 Å². The SMILES string of the molecule is CC(CN(C)C)NC(=O)Nc1ccccc1C(=O)O. The van der Waals surface area contributed by atoms with Crippen molar-refractivity contribution in [2.45, 2.75) is 13.0 Å². The van der Waals surface area contributed by atoms with E-state index in [9.17, 15) is 9.59 Å². The van der Waals surface area contributed by atoms with E-state index in [0.717, 1.165) is 0 Å². The first-order valence-electron chi connectivity index (χ1n) is 5.94. The Bertz CT molecular complexity index is 460. The van der Waals surface area contributed by atoms with Crippen LogP contribution in [-0.2, 0) is 0 Å². The number of aromatic carboxylic acids is 1. The van der Waals surface area contributed by atoms with Crippen molar-refractivity contribution in [3.05, 3.63) is 29.8 Å². The summed E-state index contributed by atoms with van der Waals surface area (Å²) in [6.45, 7) is 2.58. The predicted molar refractivity (Wildman–Crippen MR) is 73.6 cm³/mol. The molecule has 1 aromatic rings. The van der Waals surface area contributed by atoms with Crippen LogP contribution < -0.4 is 10.6 Å². The van der Waals surface area contributed by atoms with Crippen molar-refractivity contribution in [2.24, 2.45) is 0 Å². The zero-order chi connectivity index (χ0) is 14.4. The number of rotatable bonds is 5. The van der Waals surface area contributed by atoms with Gasteiger partial charge in [0, 0.05) is 12.6 Å². The van der Waals surface area contributed by atoms with Gasteiger partial charge in [0.2, 0.25) is 0 Å². The van der Waals surface area contributed by atoms with E-state index in [4.69, 9.17) is 5.11 Å². The van der Waals surface area contributed by atoms with Crippen molar-refractivity contribution < 1.29 is 14.7 Å². The number of hydrogen-bond donors (Lipinski definition) is 3. The Balaban J connectivity index is 2.65. The lowest BCUT2D eigenvalue weighted by atomic mass is 10.2. The van der Waals surface area contributed by atoms with Crippen LogP contribution in [0.1, 0.15) is 17.3 Å². The first-order chi connectivity index (χ1) is 8.90. The predicted octanol–water partition coefficient (Wildman–Crippen LogP) is 1.46. The van der Waals surface area contributed by atoms with Crippen LogP contribution >= 0.6 is 0 Å². The molecular formula is C13H19N3O3. The third-order valence-corrected chi connectivity index (χ3v) is 2.42. The molecular weight excluding hydrogens is 246 g/mol. The molecule has 0 heterocycles. The third-order valence-electron chi connectivity index (χ3n) is 2.42. The molecule has 1 rings (SSSR count). The summed E-state index contributed by atoms with van der Waals surface area (Å²) in [5.41, 5.74) is 0.350. The number of carboxylic acids is 1. The molecule has 0 spiro atoms. The molecule has 0 aliphatic heterocycles. The summed E-state index contributed by atoms with van der Waals surface area (Å²) in [6.07, 6.45) is 0. The van der Waals surface area contributed by atoms with E-state index < -0.39 is 12.0 Å². The minimum absolute atomic E-state index is 0.0352. The fourth-order valence-corrected chi connectivity index (χ4v) is 1.75. The smallest absolute Gasteiger partial charge is 0.337 e. The molecule has 6 nitrogen and oxygen atoms in total. The molecule has 104 valence electrons. The fraction of sp³-hybridized carbons (Fsp3) is 0.385. The average molecular weight is 265 g/mol. The number of anilines is 1. The Kier molecular flexibility index (Phi) is 5.32. The molecule has 0 saturated carbocycles. The minimum atomic E-state index is -1.07. The largest absolute Gasteiger partial charge is 0.478 e. The van der Waals surface area contributed by atoms with E-state index in [1.807, 2.05) is 25.9 Å². The van der Waals surface area contributed by atoms with Crippen molar-refractivity contribution in [3.63, 3.8) is 0 Å². The highest BCUT2D eigenvalue weighted by molar-refractivity contribution is 5.99. The standard InChI is InChI=1S/C13H19N3O3/c1-9(8-16(2)3)14-13(19)15-11-7-5-4-6-10(11)12(17)18/h4-7,9H,8H2,1-3H3,(H,17,18)(H2,14,15,19). The van der Waals surface area contributed by atoms with Gasteiger partial charge >= 0.3 is 12.0 Å². The van der Waals surface area contributed by atoms with Gasteiger partial charge in [0.1, 0.15) is 0 Å². The number of nitrogens with zero attached hydrogens (tertiary/aromatic N) is 1. The van der Waals surface area contributed by atoms with Crippen molar-refractivity contribution in [1.29, 1.82) is 0 Å². The summed E-state index contributed by atoms with van der Waals surface area (Å²) in [5, 5.41) is 14.3. The molecule has 1 atom stereocenters. The Morgan fingerprint density at radius 2 is 1.95 bits per heavy atom. The van der Waals surface area contributed by atoms with Crippen LogP contribution in [0, 0.1) is 0 Å². The topological polar surface area (TPSA) is 81.7 Å². The van der Waals surface area contributed by atoms with Gasteiger partial charge in [-0.15, -0.1) is 0 Å². The quantitative estimate of drug-likeness (QED) is 0.752. The zero-order valence-electron chi connectivity index (χ0n) is 11.3. The summed E-state index contributed by atoms with van der Waals surface area (Å²) in [4.78, 5) is 24.7. The Morgan fingerprint density at radius 1 is 1.32 bits per heavy atom. The first-order valence-corrected chi connectivity index (χ1v) is 5.94. The maximum Gasteiger partial charge on any atom is 0.337 e. The van der Waals surface area contributed by atoms with Crippen LogP contribution in [-0.4, -0.2) is 48.7 Å². The molecule has 6 heteroatoms. The molecule has 1 aromatic carbocycles. The minimum Gasteiger partial charge on any atom is -0.478 e. The summed E-state index contributed by atoms with van der Waals surface area (Å²) >= 11 is 0. The van der Waals surface area contributed by atoms with Crippen molar-refractivity contribution in [3.8, 4) is 0 Å². The average Bonchev–Trinajstić information content (AvgIpc) is 2.27. The van der Waals surface area contributed by atoms with E-state index in [0.29, 0.717) is 6.54 Å². The van der Waals surface area contributed by atoms with Crippen LogP contribution in [0.25, 0.3) is 0 Å². The molecule has 0 aliphatic carbocycles. The Morgan fingerprint density at radius 3 is 2.53 bits per heavy atom.